The molecule has 0 saturated heterocycles. The van der Waals surface area contributed by atoms with Gasteiger partial charge in [0.25, 0.3) is 0 Å². The highest BCUT2D eigenvalue weighted by molar-refractivity contribution is 5.87. The molecular weight excluding hydrogens is 400 g/mol. The van der Waals surface area contributed by atoms with E-state index in [0.717, 1.165) is 19.3 Å². The van der Waals surface area contributed by atoms with Crippen molar-refractivity contribution < 1.29 is 0 Å². The maximum Gasteiger partial charge on any atom is 0.0447 e. The summed E-state index contributed by atoms with van der Waals surface area (Å²) in [6.45, 7) is 4.38. The lowest BCUT2D eigenvalue weighted by atomic mass is 9.89. The second-order valence-electron chi connectivity index (χ2n) is 10.2. The van der Waals surface area contributed by atoms with Crippen LogP contribution in [0.3, 0.4) is 0 Å². The summed E-state index contributed by atoms with van der Waals surface area (Å²) in [5.74, 6) is 0. The molecule has 2 nitrogen and oxygen atoms in total. The summed E-state index contributed by atoms with van der Waals surface area (Å²) in [4.78, 5) is 4.77. The molecule has 0 spiro atoms. The summed E-state index contributed by atoms with van der Waals surface area (Å²) in [7, 11) is 4.43. The van der Waals surface area contributed by atoms with Crippen LogP contribution in [0.2, 0.25) is 0 Å². The van der Waals surface area contributed by atoms with Crippen molar-refractivity contribution in [1.29, 1.82) is 0 Å². The number of rotatable bonds is 0. The largest absolute Gasteiger partial charge is 0.344 e. The summed E-state index contributed by atoms with van der Waals surface area (Å²) < 4.78 is 0. The van der Waals surface area contributed by atoms with Crippen LogP contribution in [0.1, 0.15) is 44.5 Å². The highest BCUT2D eigenvalue weighted by atomic mass is 15.1. The molecule has 2 heteroatoms. The monoisotopic (exact) mass is 428 g/mol. The molecule has 33 heavy (non-hydrogen) atoms. The number of aryl methyl sites for hydroxylation is 2. The number of nitrogens with zero attached hydrogens (tertiary/aromatic N) is 2. The van der Waals surface area contributed by atoms with Gasteiger partial charge < -0.3 is 9.80 Å². The van der Waals surface area contributed by atoms with E-state index in [-0.39, 0.29) is 0 Å². The van der Waals surface area contributed by atoms with E-state index in [1.807, 2.05) is 0 Å². The molecule has 0 fully saturated rings. The van der Waals surface area contributed by atoms with Gasteiger partial charge in [0.15, 0.2) is 0 Å². The predicted octanol–water partition coefficient (Wildman–Crippen LogP) is 7.22. The third-order valence-electron chi connectivity index (χ3n) is 7.96. The van der Waals surface area contributed by atoms with Crippen LogP contribution in [-0.4, -0.2) is 14.1 Å². The van der Waals surface area contributed by atoms with Crippen LogP contribution in [0, 0.1) is 13.8 Å². The highest BCUT2D eigenvalue weighted by Gasteiger charge is 2.29. The quantitative estimate of drug-likeness (QED) is 0.257. The molecule has 2 heterocycles. The molecule has 0 unspecified atom stereocenters. The summed E-state index contributed by atoms with van der Waals surface area (Å²) >= 11 is 0. The molecule has 7 rings (SSSR count). The molecule has 4 aromatic rings. The fourth-order valence-electron chi connectivity index (χ4n) is 6.30. The van der Waals surface area contributed by atoms with Crippen molar-refractivity contribution in [3.8, 4) is 11.1 Å². The molecule has 3 aliphatic rings. The lowest BCUT2D eigenvalue weighted by Crippen LogP contribution is -2.19. The number of hydrogen-bond acceptors (Lipinski definition) is 2. The minimum atomic E-state index is 1.01. The Bertz CT molecular complexity index is 1380. The van der Waals surface area contributed by atoms with E-state index < -0.39 is 0 Å². The van der Waals surface area contributed by atoms with Crippen molar-refractivity contribution in [1.82, 2.24) is 0 Å². The molecule has 0 radical (unpaired) electrons. The van der Waals surface area contributed by atoms with Crippen LogP contribution in [0.4, 0.5) is 22.7 Å². The van der Waals surface area contributed by atoms with Crippen LogP contribution in [0.5, 0.6) is 0 Å². The van der Waals surface area contributed by atoms with Gasteiger partial charge in [0.05, 0.1) is 0 Å². The number of benzene rings is 4. The average Bonchev–Trinajstić information content (AvgIpc) is 3.13. The van der Waals surface area contributed by atoms with E-state index >= 15 is 0 Å². The van der Waals surface area contributed by atoms with Crippen LogP contribution < -0.4 is 9.80 Å². The van der Waals surface area contributed by atoms with Crippen LogP contribution in [0.25, 0.3) is 11.1 Å². The van der Waals surface area contributed by atoms with Crippen LogP contribution >= 0.6 is 0 Å². The van der Waals surface area contributed by atoms with Crippen LogP contribution in [0.15, 0.2) is 60.7 Å². The molecule has 0 N–H and O–H groups in total. The summed E-state index contributed by atoms with van der Waals surface area (Å²) in [6, 6.07) is 23.6. The Balaban J connectivity index is 1.34. The van der Waals surface area contributed by atoms with Crippen molar-refractivity contribution in [2.45, 2.75) is 33.1 Å². The third kappa shape index (κ3) is 2.67. The van der Waals surface area contributed by atoms with Crippen molar-refractivity contribution in [2.24, 2.45) is 0 Å². The minimum Gasteiger partial charge on any atom is -0.344 e. The normalized spacial score (nSPS) is 14.8. The van der Waals surface area contributed by atoms with Crippen molar-refractivity contribution in [3.05, 3.63) is 105 Å². The Labute approximate surface area is 196 Å². The molecule has 0 atom stereocenters. The SMILES string of the molecule is Cc1ccc2c(c1)Cc1cc3c(cc1N2C)Cc1cc2c(cc1-3)Cc1cc(C)ccc1N2C. The Morgan fingerprint density at radius 1 is 0.455 bits per heavy atom. The highest BCUT2D eigenvalue weighted by Crippen LogP contribution is 2.48. The van der Waals surface area contributed by atoms with Crippen LogP contribution in [-0.2, 0) is 19.3 Å². The van der Waals surface area contributed by atoms with Gasteiger partial charge in [-0.2, -0.15) is 0 Å². The van der Waals surface area contributed by atoms with Gasteiger partial charge in [0.2, 0.25) is 0 Å². The van der Waals surface area contributed by atoms with E-state index in [2.05, 4.69) is 98.4 Å². The smallest absolute Gasteiger partial charge is 0.0447 e. The molecule has 4 aromatic carbocycles. The Hall–Kier alpha value is -3.52. The van der Waals surface area contributed by atoms with Gasteiger partial charge in [-0.05, 0) is 101 Å². The van der Waals surface area contributed by atoms with Gasteiger partial charge in [-0.25, -0.2) is 0 Å². The molecule has 1 aliphatic carbocycles. The first-order chi connectivity index (χ1) is 16.0. The number of anilines is 4. The maximum absolute atomic E-state index is 2.48. The minimum absolute atomic E-state index is 1.01. The molecule has 0 bridgehead atoms. The summed E-state index contributed by atoms with van der Waals surface area (Å²) in [6.07, 6.45) is 3.05. The Morgan fingerprint density at radius 2 is 0.848 bits per heavy atom. The van der Waals surface area contributed by atoms with Gasteiger partial charge in [0.1, 0.15) is 0 Å². The van der Waals surface area contributed by atoms with Crippen molar-refractivity contribution in [2.75, 3.05) is 23.9 Å². The zero-order valence-corrected chi connectivity index (χ0v) is 19.8. The van der Waals surface area contributed by atoms with Gasteiger partial charge in [0, 0.05) is 49.7 Å². The van der Waals surface area contributed by atoms with E-state index in [1.165, 1.54) is 78.4 Å². The number of fused-ring (bicyclic) bond motifs is 7. The second-order valence-corrected chi connectivity index (χ2v) is 10.2. The van der Waals surface area contributed by atoms with E-state index in [1.54, 1.807) is 0 Å². The molecular formula is C31H28N2. The summed E-state index contributed by atoms with van der Waals surface area (Å²) in [5, 5.41) is 0. The van der Waals surface area contributed by atoms with Gasteiger partial charge >= 0.3 is 0 Å². The summed E-state index contributed by atoms with van der Waals surface area (Å²) in [5.41, 5.74) is 19.6. The molecule has 0 aromatic heterocycles. The fourth-order valence-corrected chi connectivity index (χ4v) is 6.30. The predicted molar refractivity (Wildman–Crippen MR) is 139 cm³/mol. The van der Waals surface area contributed by atoms with E-state index in [4.69, 9.17) is 0 Å². The molecule has 0 saturated carbocycles. The Kier molecular flexibility index (Phi) is 3.75. The average molecular weight is 429 g/mol. The third-order valence-corrected chi connectivity index (χ3v) is 7.96. The first-order valence-corrected chi connectivity index (χ1v) is 11.9. The maximum atomic E-state index is 2.48. The van der Waals surface area contributed by atoms with E-state index in [0.29, 0.717) is 0 Å². The zero-order valence-electron chi connectivity index (χ0n) is 19.8. The zero-order chi connectivity index (χ0) is 22.4. The topological polar surface area (TPSA) is 6.48 Å². The van der Waals surface area contributed by atoms with Gasteiger partial charge in [-0.1, -0.05) is 35.4 Å². The second kappa shape index (κ2) is 6.51. The molecule has 2 aliphatic heterocycles. The van der Waals surface area contributed by atoms with Crippen molar-refractivity contribution >= 4 is 22.7 Å². The van der Waals surface area contributed by atoms with Gasteiger partial charge in [-0.15, -0.1) is 0 Å². The fraction of sp³-hybridized carbons (Fsp3) is 0.226. The first-order valence-electron chi connectivity index (χ1n) is 11.9. The lowest BCUT2D eigenvalue weighted by Gasteiger charge is -2.31. The van der Waals surface area contributed by atoms with Crippen molar-refractivity contribution in [3.63, 3.8) is 0 Å². The number of hydrogen-bond donors (Lipinski definition) is 0. The van der Waals surface area contributed by atoms with Gasteiger partial charge in [-0.3, -0.25) is 0 Å². The Morgan fingerprint density at radius 3 is 1.30 bits per heavy atom. The standard InChI is InChI=1S/C31H28N2/c1-18-5-7-28-22(9-18)12-24-14-26-20(16-30(24)32(28)3)11-21-17-31-25(15-27(21)26)13-23-10-19(2)6-8-29(23)33(31)4/h5-10,14-17H,11-13H2,1-4H3. The first kappa shape index (κ1) is 19.0. The molecule has 162 valence electrons. The lowest BCUT2D eigenvalue weighted by molar-refractivity contribution is 1.04. The van der Waals surface area contributed by atoms with E-state index in [9.17, 15) is 0 Å². The molecule has 0 amide bonds.